The first kappa shape index (κ1) is 30.1. The predicted octanol–water partition coefficient (Wildman–Crippen LogP) is 4.24. The summed E-state index contributed by atoms with van der Waals surface area (Å²) in [5.74, 6) is -3.34. The quantitative estimate of drug-likeness (QED) is 0.221. The Hall–Kier alpha value is -5.32. The summed E-state index contributed by atoms with van der Waals surface area (Å²) in [6.45, 7) is -0.731. The number of ether oxygens (including phenoxy) is 5. The molecule has 0 aromatic heterocycles. The molecule has 5 rings (SSSR count). The van der Waals surface area contributed by atoms with Crippen molar-refractivity contribution in [3.63, 3.8) is 0 Å². The van der Waals surface area contributed by atoms with Gasteiger partial charge in [-0.1, -0.05) is 72.8 Å². The van der Waals surface area contributed by atoms with E-state index in [2.05, 4.69) is 0 Å². The zero-order chi connectivity index (χ0) is 30.9. The minimum absolute atomic E-state index is 0.149. The summed E-state index contributed by atoms with van der Waals surface area (Å²) < 4.78 is 28.9. The zero-order valence-electron chi connectivity index (χ0n) is 23.3. The third kappa shape index (κ3) is 7.17. The first-order chi connectivity index (χ1) is 21.4. The van der Waals surface area contributed by atoms with E-state index in [0.717, 1.165) is 0 Å². The minimum atomic E-state index is -1.67. The highest BCUT2D eigenvalue weighted by Crippen LogP contribution is 2.31. The van der Waals surface area contributed by atoms with Gasteiger partial charge in [0, 0.05) is 0 Å². The van der Waals surface area contributed by atoms with Crippen molar-refractivity contribution < 1.29 is 48.0 Å². The number of benzene rings is 4. The zero-order valence-corrected chi connectivity index (χ0v) is 23.3. The van der Waals surface area contributed by atoms with Gasteiger partial charge in [0.2, 0.25) is 12.4 Å². The molecular formula is C34H28O10. The molecule has 1 fully saturated rings. The molecule has 224 valence electrons. The average molecular weight is 597 g/mol. The summed E-state index contributed by atoms with van der Waals surface area (Å²) in [6.07, 6.45) is -7.72. The van der Waals surface area contributed by atoms with Crippen molar-refractivity contribution in [2.75, 3.05) is 6.61 Å². The van der Waals surface area contributed by atoms with Crippen LogP contribution >= 0.6 is 0 Å². The fourth-order valence-corrected chi connectivity index (χ4v) is 4.57. The molecule has 1 saturated heterocycles. The maximum Gasteiger partial charge on any atom is 0.340 e. The molecular weight excluding hydrogens is 568 g/mol. The highest BCUT2D eigenvalue weighted by molar-refractivity contribution is 5.92. The number of rotatable bonds is 9. The molecule has 0 aliphatic carbocycles. The Balaban J connectivity index is 1.54. The number of carbonyl (C=O) groups is 4. The van der Waals surface area contributed by atoms with Gasteiger partial charge in [-0.25, -0.2) is 19.2 Å². The molecule has 4 aromatic carbocycles. The highest BCUT2D eigenvalue weighted by Gasteiger charge is 2.54. The number of esters is 4. The van der Waals surface area contributed by atoms with Gasteiger partial charge < -0.3 is 28.8 Å². The van der Waals surface area contributed by atoms with Crippen LogP contribution in [0.4, 0.5) is 0 Å². The smallest absolute Gasteiger partial charge is 0.340 e. The van der Waals surface area contributed by atoms with E-state index in [4.69, 9.17) is 23.7 Å². The Labute approximate surface area is 252 Å². The molecule has 1 aliphatic heterocycles. The standard InChI is InChI=1S/C34H28O10/c35-21-26-27(41-30(36)22-13-5-1-6-14-22)28(42-31(37)23-15-7-2-8-16-23)29(43-32(38)24-17-9-3-10-18-24)34(40-26)44-33(39)25-19-11-4-12-20-25/h1-20,26-29,34-35H,21H2/t26-,27-,28+,29-,34?/m1/s1. The molecule has 0 spiro atoms. The Morgan fingerprint density at radius 3 is 1.16 bits per heavy atom. The van der Waals surface area contributed by atoms with Gasteiger partial charge in [0.25, 0.3) is 0 Å². The summed E-state index contributed by atoms with van der Waals surface area (Å²) in [5.41, 5.74) is 0.641. The van der Waals surface area contributed by atoms with Crippen LogP contribution < -0.4 is 0 Å². The van der Waals surface area contributed by atoms with Gasteiger partial charge in [0.15, 0.2) is 12.2 Å². The lowest BCUT2D eigenvalue weighted by Crippen LogP contribution is -2.63. The van der Waals surface area contributed by atoms with Crippen molar-refractivity contribution in [1.82, 2.24) is 0 Å². The summed E-state index contributed by atoms with van der Waals surface area (Å²) in [5, 5.41) is 10.3. The van der Waals surface area contributed by atoms with Gasteiger partial charge in [-0.2, -0.15) is 0 Å². The average Bonchev–Trinajstić information content (AvgIpc) is 3.08. The fourth-order valence-electron chi connectivity index (χ4n) is 4.57. The van der Waals surface area contributed by atoms with Crippen LogP contribution in [0.1, 0.15) is 41.4 Å². The van der Waals surface area contributed by atoms with E-state index in [-0.39, 0.29) is 22.3 Å². The Morgan fingerprint density at radius 1 is 0.477 bits per heavy atom. The number of aliphatic hydroxyl groups excluding tert-OH is 1. The second kappa shape index (κ2) is 14.2. The van der Waals surface area contributed by atoms with Crippen molar-refractivity contribution in [3.05, 3.63) is 144 Å². The van der Waals surface area contributed by atoms with E-state index in [1.165, 1.54) is 48.5 Å². The third-order valence-electron chi connectivity index (χ3n) is 6.76. The Kier molecular flexibility index (Phi) is 9.75. The molecule has 1 N–H and O–H groups in total. The van der Waals surface area contributed by atoms with Crippen molar-refractivity contribution in [1.29, 1.82) is 0 Å². The van der Waals surface area contributed by atoms with Crippen molar-refractivity contribution in [2.45, 2.75) is 30.7 Å². The minimum Gasteiger partial charge on any atom is -0.452 e. The van der Waals surface area contributed by atoms with Gasteiger partial charge in [-0.15, -0.1) is 0 Å². The van der Waals surface area contributed by atoms with E-state index in [9.17, 15) is 24.3 Å². The first-order valence-electron chi connectivity index (χ1n) is 13.7. The lowest BCUT2D eigenvalue weighted by molar-refractivity contribution is -0.283. The molecule has 1 aliphatic rings. The first-order valence-corrected chi connectivity index (χ1v) is 13.7. The highest BCUT2D eigenvalue weighted by atomic mass is 16.7. The monoisotopic (exact) mass is 596 g/mol. The van der Waals surface area contributed by atoms with Crippen LogP contribution in [0.25, 0.3) is 0 Å². The van der Waals surface area contributed by atoms with Crippen LogP contribution in [0, 0.1) is 0 Å². The molecule has 1 heterocycles. The van der Waals surface area contributed by atoms with Gasteiger partial charge in [0.1, 0.15) is 6.10 Å². The molecule has 0 bridgehead atoms. The summed E-state index contributed by atoms with van der Waals surface area (Å²) in [4.78, 5) is 52.9. The fraction of sp³-hybridized carbons (Fsp3) is 0.176. The van der Waals surface area contributed by atoms with E-state index in [1.54, 1.807) is 72.8 Å². The molecule has 5 atom stereocenters. The van der Waals surface area contributed by atoms with E-state index < -0.39 is 61.2 Å². The maximum atomic E-state index is 13.3. The molecule has 44 heavy (non-hydrogen) atoms. The number of hydrogen-bond donors (Lipinski definition) is 1. The lowest BCUT2D eigenvalue weighted by Gasteiger charge is -2.43. The predicted molar refractivity (Wildman–Crippen MR) is 155 cm³/mol. The Morgan fingerprint density at radius 2 is 0.795 bits per heavy atom. The summed E-state index contributed by atoms with van der Waals surface area (Å²) >= 11 is 0. The molecule has 4 aromatic rings. The van der Waals surface area contributed by atoms with Gasteiger partial charge >= 0.3 is 23.9 Å². The summed E-state index contributed by atoms with van der Waals surface area (Å²) in [6, 6.07) is 32.0. The van der Waals surface area contributed by atoms with Crippen LogP contribution in [0.2, 0.25) is 0 Å². The number of aliphatic hydroxyl groups is 1. The van der Waals surface area contributed by atoms with Crippen molar-refractivity contribution in [3.8, 4) is 0 Å². The molecule has 0 saturated carbocycles. The van der Waals surface area contributed by atoms with Crippen LogP contribution in [-0.4, -0.2) is 66.3 Å². The summed E-state index contributed by atoms with van der Waals surface area (Å²) in [7, 11) is 0. The van der Waals surface area contributed by atoms with E-state index in [1.807, 2.05) is 0 Å². The van der Waals surface area contributed by atoms with Crippen LogP contribution in [0.3, 0.4) is 0 Å². The van der Waals surface area contributed by atoms with Gasteiger partial charge in [-0.3, -0.25) is 0 Å². The third-order valence-corrected chi connectivity index (χ3v) is 6.76. The maximum absolute atomic E-state index is 13.3. The van der Waals surface area contributed by atoms with Crippen molar-refractivity contribution >= 4 is 23.9 Å². The van der Waals surface area contributed by atoms with Crippen LogP contribution in [0.15, 0.2) is 121 Å². The Bertz CT molecular complexity index is 1560. The molecule has 10 heteroatoms. The van der Waals surface area contributed by atoms with Gasteiger partial charge in [-0.05, 0) is 48.5 Å². The topological polar surface area (TPSA) is 135 Å². The lowest BCUT2D eigenvalue weighted by atomic mass is 9.97. The normalized spacial score (nSPS) is 21.0. The second-order valence-electron chi connectivity index (χ2n) is 9.70. The van der Waals surface area contributed by atoms with Crippen LogP contribution in [-0.2, 0) is 23.7 Å². The van der Waals surface area contributed by atoms with E-state index in [0.29, 0.717) is 0 Å². The number of carbonyl (C=O) groups excluding carboxylic acids is 4. The van der Waals surface area contributed by atoms with E-state index >= 15 is 0 Å². The number of hydrogen-bond acceptors (Lipinski definition) is 10. The molecule has 1 unspecified atom stereocenters. The molecule has 10 nitrogen and oxygen atoms in total. The van der Waals surface area contributed by atoms with Gasteiger partial charge in [0.05, 0.1) is 28.9 Å². The second-order valence-corrected chi connectivity index (χ2v) is 9.70. The van der Waals surface area contributed by atoms with Crippen molar-refractivity contribution in [2.24, 2.45) is 0 Å². The van der Waals surface area contributed by atoms with Crippen LogP contribution in [0.5, 0.6) is 0 Å². The molecule has 0 amide bonds. The largest absolute Gasteiger partial charge is 0.452 e. The SMILES string of the molecule is O=C(OC1O[C@H](CO)[C@@H](OC(=O)c2ccccc2)[C@H](OC(=O)c2ccccc2)[C@H]1OC(=O)c1ccccc1)c1ccccc1. The molecule has 0 radical (unpaired) electrons.